The fraction of sp³-hybridized carbons (Fsp3) is 0.529. The van der Waals surface area contributed by atoms with Crippen molar-refractivity contribution < 1.29 is 19.1 Å². The Bertz CT molecular complexity index is 855. The minimum absolute atomic E-state index is 0.222. The summed E-state index contributed by atoms with van der Waals surface area (Å²) in [4.78, 5) is 42.1. The summed E-state index contributed by atoms with van der Waals surface area (Å²) in [6.45, 7) is 8.95. The van der Waals surface area contributed by atoms with Crippen molar-refractivity contribution in [2.45, 2.75) is 53.2 Å². The molecule has 0 spiro atoms. The maximum absolute atomic E-state index is 12.8. The molecule has 2 rings (SSSR count). The standard InChI is InChI=1S/C17H22N2O5S/c1-6-9(3)24-16(21)11(5)19-8-18-14-12(15(19)20)10(4)13(25-14)17(22)23-7-2/h8-9,11H,6-7H2,1-5H3/t9-,11-/m0/s1. The molecule has 2 aromatic heterocycles. The van der Waals surface area contributed by atoms with E-state index in [4.69, 9.17) is 9.47 Å². The topological polar surface area (TPSA) is 87.5 Å². The van der Waals surface area contributed by atoms with Crippen molar-refractivity contribution in [2.75, 3.05) is 6.61 Å². The van der Waals surface area contributed by atoms with Crippen LogP contribution in [0.4, 0.5) is 0 Å². The van der Waals surface area contributed by atoms with Gasteiger partial charge in [0.2, 0.25) is 0 Å². The molecule has 25 heavy (non-hydrogen) atoms. The van der Waals surface area contributed by atoms with Crippen LogP contribution in [-0.2, 0) is 14.3 Å². The van der Waals surface area contributed by atoms with E-state index < -0.39 is 18.0 Å². The van der Waals surface area contributed by atoms with Gasteiger partial charge in [-0.3, -0.25) is 9.36 Å². The molecule has 2 aromatic rings. The third-order valence-electron chi connectivity index (χ3n) is 3.99. The summed E-state index contributed by atoms with van der Waals surface area (Å²) in [5.41, 5.74) is 0.149. The number of esters is 2. The number of thiophene rings is 1. The molecule has 0 saturated heterocycles. The zero-order valence-corrected chi connectivity index (χ0v) is 15.8. The summed E-state index contributed by atoms with van der Waals surface area (Å²) < 4.78 is 11.5. The number of ether oxygens (including phenoxy) is 2. The molecule has 0 N–H and O–H groups in total. The van der Waals surface area contributed by atoms with Gasteiger partial charge in [0, 0.05) is 0 Å². The van der Waals surface area contributed by atoms with Crippen molar-refractivity contribution in [3.8, 4) is 0 Å². The molecule has 0 aliphatic carbocycles. The van der Waals surface area contributed by atoms with Crippen LogP contribution in [0, 0.1) is 6.92 Å². The highest BCUT2D eigenvalue weighted by Crippen LogP contribution is 2.27. The smallest absolute Gasteiger partial charge is 0.348 e. The molecule has 0 aliphatic rings. The highest BCUT2D eigenvalue weighted by Gasteiger charge is 2.24. The van der Waals surface area contributed by atoms with E-state index in [1.807, 2.05) is 6.92 Å². The first-order valence-electron chi connectivity index (χ1n) is 8.19. The van der Waals surface area contributed by atoms with E-state index in [1.54, 1.807) is 27.7 Å². The lowest BCUT2D eigenvalue weighted by Crippen LogP contribution is -2.31. The number of aryl methyl sites for hydroxylation is 1. The normalized spacial score (nSPS) is 13.5. The van der Waals surface area contributed by atoms with E-state index in [2.05, 4.69) is 4.98 Å². The van der Waals surface area contributed by atoms with Gasteiger partial charge in [-0.05, 0) is 39.7 Å². The lowest BCUT2D eigenvalue weighted by Gasteiger charge is -2.17. The Hall–Kier alpha value is -2.22. The van der Waals surface area contributed by atoms with Gasteiger partial charge in [-0.25, -0.2) is 14.6 Å². The molecular formula is C17H22N2O5S. The number of carbonyl (C=O) groups excluding carboxylic acids is 2. The molecule has 0 amide bonds. The summed E-state index contributed by atoms with van der Waals surface area (Å²) >= 11 is 1.11. The summed E-state index contributed by atoms with van der Waals surface area (Å²) in [5.74, 6) is -0.964. The molecule has 0 aliphatic heterocycles. The first kappa shape index (κ1) is 19.1. The van der Waals surface area contributed by atoms with Gasteiger partial charge in [-0.1, -0.05) is 6.92 Å². The van der Waals surface area contributed by atoms with Gasteiger partial charge in [0.05, 0.1) is 24.4 Å². The largest absolute Gasteiger partial charge is 0.462 e. The van der Waals surface area contributed by atoms with Crippen LogP contribution in [-0.4, -0.2) is 34.2 Å². The van der Waals surface area contributed by atoms with Gasteiger partial charge in [-0.2, -0.15) is 0 Å². The van der Waals surface area contributed by atoms with Crippen LogP contribution >= 0.6 is 11.3 Å². The van der Waals surface area contributed by atoms with Gasteiger partial charge >= 0.3 is 11.9 Å². The van der Waals surface area contributed by atoms with E-state index in [1.165, 1.54) is 10.9 Å². The summed E-state index contributed by atoms with van der Waals surface area (Å²) in [5, 5.41) is 0.332. The van der Waals surface area contributed by atoms with E-state index >= 15 is 0 Å². The number of hydrogen-bond acceptors (Lipinski definition) is 7. The molecule has 2 atom stereocenters. The molecule has 8 heteroatoms. The lowest BCUT2D eigenvalue weighted by molar-refractivity contribution is -0.152. The van der Waals surface area contributed by atoms with E-state index in [0.29, 0.717) is 27.1 Å². The third kappa shape index (κ3) is 3.73. The number of fused-ring (bicyclic) bond motifs is 1. The minimum atomic E-state index is -0.802. The van der Waals surface area contributed by atoms with Crippen LogP contribution in [0.15, 0.2) is 11.1 Å². The van der Waals surface area contributed by atoms with Crippen LogP contribution in [0.3, 0.4) is 0 Å². The van der Waals surface area contributed by atoms with Crippen molar-refractivity contribution in [1.29, 1.82) is 0 Å². The van der Waals surface area contributed by atoms with Gasteiger partial charge in [0.25, 0.3) is 5.56 Å². The Labute approximate surface area is 149 Å². The molecule has 0 bridgehead atoms. The molecule has 0 aromatic carbocycles. The maximum atomic E-state index is 12.8. The van der Waals surface area contributed by atoms with Crippen molar-refractivity contribution in [2.24, 2.45) is 0 Å². The Morgan fingerprint density at radius 1 is 1.32 bits per heavy atom. The fourth-order valence-corrected chi connectivity index (χ4v) is 3.33. The average Bonchev–Trinajstić information content (AvgIpc) is 2.92. The van der Waals surface area contributed by atoms with Crippen LogP contribution < -0.4 is 5.56 Å². The molecule has 7 nitrogen and oxygen atoms in total. The Morgan fingerprint density at radius 3 is 2.60 bits per heavy atom. The minimum Gasteiger partial charge on any atom is -0.462 e. The second-order valence-corrected chi connectivity index (χ2v) is 6.74. The summed E-state index contributed by atoms with van der Waals surface area (Å²) in [6, 6.07) is -0.802. The molecule has 2 heterocycles. The number of aromatic nitrogens is 2. The first-order chi connectivity index (χ1) is 11.8. The zero-order valence-electron chi connectivity index (χ0n) is 15.0. The lowest BCUT2D eigenvalue weighted by atomic mass is 10.2. The number of carbonyl (C=O) groups is 2. The van der Waals surface area contributed by atoms with Gasteiger partial charge < -0.3 is 9.47 Å². The van der Waals surface area contributed by atoms with Gasteiger partial charge in [0.1, 0.15) is 15.7 Å². The van der Waals surface area contributed by atoms with Crippen molar-refractivity contribution in [3.05, 3.63) is 27.1 Å². The van der Waals surface area contributed by atoms with Crippen molar-refractivity contribution in [1.82, 2.24) is 9.55 Å². The van der Waals surface area contributed by atoms with Crippen LogP contribution in [0.2, 0.25) is 0 Å². The van der Waals surface area contributed by atoms with Gasteiger partial charge in [-0.15, -0.1) is 11.3 Å². The zero-order chi connectivity index (χ0) is 18.7. The molecule has 0 unspecified atom stereocenters. The quantitative estimate of drug-likeness (QED) is 0.731. The van der Waals surface area contributed by atoms with Gasteiger partial charge in [0.15, 0.2) is 0 Å². The van der Waals surface area contributed by atoms with Crippen LogP contribution in [0.1, 0.15) is 55.4 Å². The second kappa shape index (κ2) is 7.77. The van der Waals surface area contributed by atoms with Crippen LogP contribution in [0.25, 0.3) is 10.2 Å². The predicted octanol–water partition coefficient (Wildman–Crippen LogP) is 2.85. The third-order valence-corrected chi connectivity index (χ3v) is 5.17. The maximum Gasteiger partial charge on any atom is 0.348 e. The van der Waals surface area contributed by atoms with Crippen molar-refractivity contribution >= 4 is 33.5 Å². The Balaban J connectivity index is 2.46. The highest BCUT2D eigenvalue weighted by molar-refractivity contribution is 7.20. The molecule has 0 fully saturated rings. The summed E-state index contributed by atoms with van der Waals surface area (Å²) in [6.07, 6.45) is 1.79. The predicted molar refractivity (Wildman–Crippen MR) is 95.1 cm³/mol. The van der Waals surface area contributed by atoms with Crippen LogP contribution in [0.5, 0.6) is 0 Å². The van der Waals surface area contributed by atoms with E-state index in [9.17, 15) is 14.4 Å². The second-order valence-electron chi connectivity index (χ2n) is 5.75. The molecular weight excluding hydrogens is 344 g/mol. The molecule has 0 saturated carbocycles. The number of nitrogens with zero attached hydrogens (tertiary/aromatic N) is 2. The van der Waals surface area contributed by atoms with E-state index in [0.717, 1.165) is 11.3 Å². The molecule has 0 radical (unpaired) electrons. The fourth-order valence-electron chi connectivity index (χ4n) is 2.30. The SMILES string of the molecule is CCOC(=O)c1sc2ncn([C@@H](C)C(=O)O[C@@H](C)CC)c(=O)c2c1C. The number of rotatable bonds is 6. The summed E-state index contributed by atoms with van der Waals surface area (Å²) in [7, 11) is 0. The monoisotopic (exact) mass is 366 g/mol. The average molecular weight is 366 g/mol. The number of hydrogen-bond donors (Lipinski definition) is 0. The van der Waals surface area contributed by atoms with Crippen molar-refractivity contribution in [3.63, 3.8) is 0 Å². The Morgan fingerprint density at radius 2 is 2.00 bits per heavy atom. The molecule has 136 valence electrons. The Kier molecular flexibility index (Phi) is 5.94. The highest BCUT2D eigenvalue weighted by atomic mass is 32.1. The first-order valence-corrected chi connectivity index (χ1v) is 9.01. The van der Waals surface area contributed by atoms with E-state index in [-0.39, 0.29) is 18.3 Å².